The lowest BCUT2D eigenvalue weighted by Gasteiger charge is -1.99. The number of hydrogen-bond acceptors (Lipinski definition) is 5. The van der Waals surface area contributed by atoms with Gasteiger partial charge in [-0.25, -0.2) is 9.97 Å². The van der Waals surface area contributed by atoms with Crippen LogP contribution in [0, 0.1) is 0 Å². The minimum atomic E-state index is 0.275. The topological polar surface area (TPSA) is 114 Å². The Balaban J connectivity index is 0.000000254. The highest BCUT2D eigenvalue weighted by Crippen LogP contribution is 2.25. The van der Waals surface area contributed by atoms with Gasteiger partial charge in [0, 0.05) is 18.4 Å². The second kappa shape index (κ2) is 7.72. The van der Waals surface area contributed by atoms with Crippen LogP contribution in [0.3, 0.4) is 0 Å². The molecular weight excluding hydrogens is 278 g/mol. The molecule has 1 aromatic carbocycles. The molecule has 0 bridgehead atoms. The first-order valence-electron chi connectivity index (χ1n) is 7.55. The molecular formula is C16H23N5O. The maximum atomic E-state index is 8.14. The van der Waals surface area contributed by atoms with Crippen LogP contribution in [0.15, 0.2) is 24.3 Å². The van der Waals surface area contributed by atoms with Crippen LogP contribution in [0.5, 0.6) is 0 Å². The number of hydrogen-bond donors (Lipinski definition) is 4. The van der Waals surface area contributed by atoms with Crippen molar-refractivity contribution < 1.29 is 5.11 Å². The van der Waals surface area contributed by atoms with Crippen molar-refractivity contribution in [2.75, 3.05) is 18.9 Å². The number of fused-ring (bicyclic) bond motifs is 3. The molecule has 3 rings (SSSR count). The van der Waals surface area contributed by atoms with Gasteiger partial charge in [-0.3, -0.25) is 0 Å². The standard InChI is InChI=1S/C12H12N4.C4H11NO/c1-2-9-15-10-7-5-3-4-6-8(7)14-12(13)11(10)16-9;5-3-1-2-4-6/h3-6H,2H2,1H3,(H2,13,14)(H,15,16);6H,1-5H2. The van der Waals surface area contributed by atoms with Crippen LogP contribution in [0.1, 0.15) is 25.6 Å². The normalized spacial score (nSPS) is 10.7. The van der Waals surface area contributed by atoms with Crippen molar-refractivity contribution >= 4 is 27.8 Å². The van der Waals surface area contributed by atoms with Crippen LogP contribution < -0.4 is 11.5 Å². The summed E-state index contributed by atoms with van der Waals surface area (Å²) in [7, 11) is 0. The van der Waals surface area contributed by atoms with Crippen LogP contribution in [0.25, 0.3) is 21.9 Å². The minimum absolute atomic E-state index is 0.275. The van der Waals surface area contributed by atoms with Gasteiger partial charge in [0.2, 0.25) is 0 Å². The lowest BCUT2D eigenvalue weighted by Crippen LogP contribution is -1.98. The summed E-state index contributed by atoms with van der Waals surface area (Å²) in [5.41, 5.74) is 13.7. The second-order valence-electron chi connectivity index (χ2n) is 4.99. The molecule has 6 heteroatoms. The monoisotopic (exact) mass is 301 g/mol. The average Bonchev–Trinajstić information content (AvgIpc) is 2.99. The largest absolute Gasteiger partial charge is 0.396 e. The number of nitrogens with zero attached hydrogens (tertiary/aromatic N) is 2. The van der Waals surface area contributed by atoms with E-state index in [0.29, 0.717) is 12.4 Å². The lowest BCUT2D eigenvalue weighted by molar-refractivity contribution is 0.285. The van der Waals surface area contributed by atoms with Crippen molar-refractivity contribution in [3.63, 3.8) is 0 Å². The van der Waals surface area contributed by atoms with Crippen molar-refractivity contribution in [2.45, 2.75) is 26.2 Å². The number of H-pyrrole nitrogens is 1. The van der Waals surface area contributed by atoms with Gasteiger partial charge in [0.1, 0.15) is 22.7 Å². The molecule has 0 unspecified atom stereocenters. The summed E-state index contributed by atoms with van der Waals surface area (Å²) < 4.78 is 0. The maximum Gasteiger partial charge on any atom is 0.150 e. The number of aromatic amines is 1. The third-order valence-electron chi connectivity index (χ3n) is 3.36. The first-order valence-corrected chi connectivity index (χ1v) is 7.55. The Labute approximate surface area is 129 Å². The van der Waals surface area contributed by atoms with Crippen LogP contribution in [0.4, 0.5) is 5.82 Å². The number of aliphatic hydroxyl groups is 1. The van der Waals surface area contributed by atoms with E-state index in [2.05, 4.69) is 21.9 Å². The van der Waals surface area contributed by atoms with Gasteiger partial charge in [-0.05, 0) is 25.5 Å². The number of imidazole rings is 1. The Kier molecular flexibility index (Phi) is 5.68. The van der Waals surface area contributed by atoms with E-state index < -0.39 is 0 Å². The number of aliphatic hydroxyl groups excluding tert-OH is 1. The molecule has 0 aliphatic rings. The zero-order valence-electron chi connectivity index (χ0n) is 12.8. The van der Waals surface area contributed by atoms with E-state index in [1.165, 1.54) is 0 Å². The fourth-order valence-electron chi connectivity index (χ4n) is 2.18. The minimum Gasteiger partial charge on any atom is -0.396 e. The smallest absolute Gasteiger partial charge is 0.150 e. The average molecular weight is 301 g/mol. The third-order valence-corrected chi connectivity index (χ3v) is 3.36. The highest BCUT2D eigenvalue weighted by molar-refractivity contribution is 6.05. The van der Waals surface area contributed by atoms with E-state index in [1.54, 1.807) is 0 Å². The number of pyridine rings is 1. The Morgan fingerprint density at radius 1 is 1.18 bits per heavy atom. The van der Waals surface area contributed by atoms with Crippen molar-refractivity contribution in [1.82, 2.24) is 15.0 Å². The molecule has 118 valence electrons. The van der Waals surface area contributed by atoms with E-state index in [1.807, 2.05) is 24.3 Å². The molecule has 6 nitrogen and oxygen atoms in total. The van der Waals surface area contributed by atoms with E-state index in [4.69, 9.17) is 16.6 Å². The summed E-state index contributed by atoms with van der Waals surface area (Å²) in [5.74, 6) is 1.46. The first kappa shape index (κ1) is 16.2. The molecule has 6 N–H and O–H groups in total. The number of nitrogen functional groups attached to an aromatic ring is 1. The number of nitrogens with one attached hydrogen (secondary N) is 1. The lowest BCUT2D eigenvalue weighted by atomic mass is 10.2. The van der Waals surface area contributed by atoms with Crippen LogP contribution in [-0.2, 0) is 6.42 Å². The van der Waals surface area contributed by atoms with Gasteiger partial charge >= 0.3 is 0 Å². The number of aromatic nitrogens is 3. The predicted octanol–water partition coefficient (Wildman–Crippen LogP) is 1.97. The number of benzene rings is 1. The fourth-order valence-corrected chi connectivity index (χ4v) is 2.18. The molecule has 0 radical (unpaired) electrons. The molecule has 0 aliphatic carbocycles. The van der Waals surface area contributed by atoms with Crippen molar-refractivity contribution in [3.05, 3.63) is 30.1 Å². The number of nitrogens with two attached hydrogens (primary N) is 2. The Morgan fingerprint density at radius 2 is 1.95 bits per heavy atom. The van der Waals surface area contributed by atoms with Gasteiger partial charge in [0.25, 0.3) is 0 Å². The molecule has 22 heavy (non-hydrogen) atoms. The van der Waals surface area contributed by atoms with Crippen LogP contribution in [-0.4, -0.2) is 33.2 Å². The van der Waals surface area contributed by atoms with Gasteiger partial charge in [-0.1, -0.05) is 25.1 Å². The quantitative estimate of drug-likeness (QED) is 0.550. The van der Waals surface area contributed by atoms with E-state index in [9.17, 15) is 0 Å². The van der Waals surface area contributed by atoms with E-state index in [0.717, 1.165) is 47.0 Å². The number of rotatable bonds is 4. The summed E-state index contributed by atoms with van der Waals surface area (Å²) in [5, 5.41) is 9.19. The van der Waals surface area contributed by atoms with Crippen molar-refractivity contribution in [3.8, 4) is 0 Å². The first-order chi connectivity index (χ1) is 10.7. The molecule has 0 amide bonds. The van der Waals surface area contributed by atoms with Gasteiger partial charge in [0.15, 0.2) is 0 Å². The second-order valence-corrected chi connectivity index (χ2v) is 4.99. The summed E-state index contributed by atoms with van der Waals surface area (Å²) >= 11 is 0. The third kappa shape index (κ3) is 3.52. The zero-order chi connectivity index (χ0) is 15.9. The molecule has 3 aromatic rings. The summed E-state index contributed by atoms with van der Waals surface area (Å²) in [6.07, 6.45) is 2.65. The Hall–Kier alpha value is -2.18. The summed E-state index contributed by atoms with van der Waals surface area (Å²) in [4.78, 5) is 12.1. The number of anilines is 1. The predicted molar refractivity (Wildman–Crippen MR) is 90.6 cm³/mol. The molecule has 0 atom stereocenters. The molecule has 0 aliphatic heterocycles. The number of aryl methyl sites for hydroxylation is 1. The highest BCUT2D eigenvalue weighted by atomic mass is 16.2. The Morgan fingerprint density at radius 3 is 2.59 bits per heavy atom. The van der Waals surface area contributed by atoms with Gasteiger partial charge in [-0.2, -0.15) is 0 Å². The van der Waals surface area contributed by atoms with Gasteiger partial charge in [0.05, 0.1) is 5.52 Å². The zero-order valence-corrected chi connectivity index (χ0v) is 12.8. The molecule has 0 fully saturated rings. The van der Waals surface area contributed by atoms with Crippen LogP contribution in [0.2, 0.25) is 0 Å². The Bertz CT molecular complexity index is 734. The molecule has 2 aromatic heterocycles. The highest BCUT2D eigenvalue weighted by Gasteiger charge is 2.09. The molecule has 2 heterocycles. The summed E-state index contributed by atoms with van der Waals surface area (Å²) in [6, 6.07) is 7.91. The van der Waals surface area contributed by atoms with Crippen molar-refractivity contribution in [2.24, 2.45) is 5.73 Å². The number of unbranched alkanes of at least 4 members (excludes halogenated alkanes) is 1. The fraction of sp³-hybridized carbons (Fsp3) is 0.375. The maximum absolute atomic E-state index is 8.14. The molecule has 0 saturated heterocycles. The van der Waals surface area contributed by atoms with E-state index in [-0.39, 0.29) is 6.61 Å². The molecule has 0 spiro atoms. The SMILES string of the molecule is CCc1nc2c([nH]1)c(N)nc1ccccc12.NCCCCO. The van der Waals surface area contributed by atoms with Gasteiger partial charge in [-0.15, -0.1) is 0 Å². The summed E-state index contributed by atoms with van der Waals surface area (Å²) in [6.45, 7) is 3.03. The van der Waals surface area contributed by atoms with Crippen LogP contribution >= 0.6 is 0 Å². The number of para-hydroxylation sites is 1. The van der Waals surface area contributed by atoms with Gasteiger partial charge < -0.3 is 21.6 Å². The van der Waals surface area contributed by atoms with E-state index >= 15 is 0 Å². The molecule has 0 saturated carbocycles. The van der Waals surface area contributed by atoms with Crippen molar-refractivity contribution in [1.29, 1.82) is 0 Å².